The van der Waals surface area contributed by atoms with Gasteiger partial charge in [-0.2, -0.15) is 0 Å². The van der Waals surface area contributed by atoms with Gasteiger partial charge < -0.3 is 34.1 Å². The van der Waals surface area contributed by atoms with Crippen molar-refractivity contribution in [1.29, 1.82) is 0 Å². The van der Waals surface area contributed by atoms with E-state index in [-0.39, 0.29) is 13.0 Å². The SMILES string of the molecule is CCCNC(=O)O[C@@H]1[C@@H](O)[C@H](N=[N+]=[N-])C[C@H](N=[N+]=[N-])[C@H]1O[C@H]1O[C@H](CN=[N+]=[N-])[C@@H](OC(C)=O)[C@H](OC(C)=O)[C@H]1N=[N+]=[N-]. The highest BCUT2D eigenvalue weighted by Crippen LogP contribution is 2.35. The number of nitrogens with one attached hydrogen (secondary N) is 1. The largest absolute Gasteiger partial charge is 0.458 e. The van der Waals surface area contributed by atoms with Gasteiger partial charge in [-0.25, -0.2) is 4.79 Å². The first kappa shape index (κ1) is 33.5. The van der Waals surface area contributed by atoms with Crippen molar-refractivity contribution in [2.75, 3.05) is 13.1 Å². The average molecular weight is 596 g/mol. The Labute approximate surface area is 237 Å². The van der Waals surface area contributed by atoms with Crippen molar-refractivity contribution in [1.82, 2.24) is 5.32 Å². The van der Waals surface area contributed by atoms with Crippen LogP contribution < -0.4 is 5.32 Å². The topological polar surface area (TPSA) is 325 Å². The predicted octanol–water partition coefficient (Wildman–Crippen LogP) is 2.58. The maximum absolute atomic E-state index is 12.5. The van der Waals surface area contributed by atoms with Crippen LogP contribution in [0.25, 0.3) is 41.8 Å². The molecule has 1 saturated heterocycles. The summed E-state index contributed by atoms with van der Waals surface area (Å²) in [7, 11) is 0. The lowest BCUT2D eigenvalue weighted by Gasteiger charge is -2.47. The van der Waals surface area contributed by atoms with Gasteiger partial charge >= 0.3 is 18.0 Å². The number of carbonyl (C=O) groups excluding carboxylic acids is 3. The number of rotatable bonds is 12. The maximum atomic E-state index is 12.5. The van der Waals surface area contributed by atoms with E-state index < -0.39 is 85.6 Å². The van der Waals surface area contributed by atoms with Crippen molar-refractivity contribution >= 4 is 18.0 Å². The summed E-state index contributed by atoms with van der Waals surface area (Å²) in [6.07, 6.45) is -11.5. The summed E-state index contributed by atoms with van der Waals surface area (Å²) >= 11 is 0. The third-order valence-electron chi connectivity index (χ3n) is 6.10. The molecule has 0 radical (unpaired) electrons. The lowest BCUT2D eigenvalue weighted by molar-refractivity contribution is -0.291. The van der Waals surface area contributed by atoms with Gasteiger partial charge in [0.2, 0.25) is 0 Å². The molecule has 0 aromatic carbocycles. The van der Waals surface area contributed by atoms with Crippen molar-refractivity contribution in [2.24, 2.45) is 20.5 Å². The summed E-state index contributed by atoms with van der Waals surface area (Å²) in [5, 5.41) is 27.6. The Hall–Kier alpha value is -4.67. The first-order chi connectivity index (χ1) is 20.1. The van der Waals surface area contributed by atoms with Crippen LogP contribution in [-0.2, 0) is 33.3 Å². The molecule has 1 aliphatic carbocycles. The van der Waals surface area contributed by atoms with E-state index >= 15 is 0 Å². The molecule has 10 atom stereocenters. The van der Waals surface area contributed by atoms with Crippen molar-refractivity contribution in [3.8, 4) is 0 Å². The molecule has 1 amide bonds. The summed E-state index contributed by atoms with van der Waals surface area (Å²) in [6.45, 7) is 3.61. The summed E-state index contributed by atoms with van der Waals surface area (Å²) < 4.78 is 27.9. The Balaban J connectivity index is 2.61. The molecule has 0 aromatic rings. The van der Waals surface area contributed by atoms with E-state index in [1.807, 2.05) is 0 Å². The Morgan fingerprint density at radius 2 is 1.50 bits per heavy atom. The highest BCUT2D eigenvalue weighted by Gasteiger charge is 2.54. The number of aliphatic hydroxyl groups is 1. The number of alkyl carbamates (subject to hydrolysis) is 1. The van der Waals surface area contributed by atoms with Crippen LogP contribution in [0.3, 0.4) is 0 Å². The molecule has 1 saturated carbocycles. The zero-order chi connectivity index (χ0) is 31.2. The van der Waals surface area contributed by atoms with Crippen LogP contribution in [0.2, 0.25) is 0 Å². The van der Waals surface area contributed by atoms with Gasteiger partial charge in [-0.05, 0) is 35.0 Å². The summed E-state index contributed by atoms with van der Waals surface area (Å²) in [5.41, 5.74) is 36.3. The molecule has 2 N–H and O–H groups in total. The fourth-order valence-corrected chi connectivity index (χ4v) is 4.48. The molecule has 2 rings (SSSR count). The molecular weight excluding hydrogens is 566 g/mol. The molecule has 22 heteroatoms. The van der Waals surface area contributed by atoms with Crippen molar-refractivity contribution in [2.45, 2.75) is 94.7 Å². The number of azide groups is 4. The van der Waals surface area contributed by atoms with Crippen molar-refractivity contribution < 1.29 is 43.2 Å². The first-order valence-corrected chi connectivity index (χ1v) is 12.5. The lowest BCUT2D eigenvalue weighted by Crippen LogP contribution is -2.64. The Morgan fingerprint density at radius 1 is 0.881 bits per heavy atom. The van der Waals surface area contributed by atoms with Gasteiger partial charge in [0.05, 0.1) is 18.6 Å². The zero-order valence-corrected chi connectivity index (χ0v) is 22.7. The predicted molar refractivity (Wildman–Crippen MR) is 137 cm³/mol. The molecule has 2 aliphatic rings. The smallest absolute Gasteiger partial charge is 0.407 e. The fraction of sp³-hybridized carbons (Fsp3) is 0.850. The minimum absolute atomic E-state index is 0.208. The average Bonchev–Trinajstić information content (AvgIpc) is 2.93. The number of hydrogen-bond acceptors (Lipinski definition) is 13. The van der Waals surface area contributed by atoms with Gasteiger partial charge in [0.15, 0.2) is 24.6 Å². The Bertz CT molecular complexity index is 1180. The third-order valence-corrected chi connectivity index (χ3v) is 6.10. The van der Waals surface area contributed by atoms with Crippen molar-refractivity contribution in [3.05, 3.63) is 41.8 Å². The number of carbonyl (C=O) groups is 3. The minimum atomic E-state index is -1.70. The number of aliphatic hydroxyl groups excluding tert-OH is 1. The molecule has 0 spiro atoms. The number of nitrogens with zero attached hydrogens (tertiary/aromatic N) is 12. The molecule has 2 fully saturated rings. The maximum Gasteiger partial charge on any atom is 0.407 e. The van der Waals surface area contributed by atoms with Crippen LogP contribution in [-0.4, -0.2) is 97.3 Å². The van der Waals surface area contributed by atoms with Crippen LogP contribution >= 0.6 is 0 Å². The van der Waals surface area contributed by atoms with E-state index in [2.05, 4.69) is 45.4 Å². The first-order valence-electron chi connectivity index (χ1n) is 12.5. The molecule has 1 heterocycles. The quantitative estimate of drug-likeness (QED) is 0.110. The highest BCUT2D eigenvalue weighted by molar-refractivity contribution is 5.68. The van der Waals surface area contributed by atoms with Gasteiger partial charge in [0.1, 0.15) is 24.4 Å². The Morgan fingerprint density at radius 3 is 2.07 bits per heavy atom. The van der Waals surface area contributed by atoms with E-state index in [1.165, 1.54) is 0 Å². The highest BCUT2D eigenvalue weighted by atomic mass is 16.7. The molecule has 0 unspecified atom stereocenters. The second-order valence-corrected chi connectivity index (χ2v) is 8.97. The van der Waals surface area contributed by atoms with Crippen LogP contribution in [0, 0.1) is 0 Å². The van der Waals surface area contributed by atoms with E-state index in [9.17, 15) is 30.6 Å². The van der Waals surface area contributed by atoms with E-state index in [0.29, 0.717) is 6.42 Å². The summed E-state index contributed by atoms with van der Waals surface area (Å²) in [5.74, 6) is -1.70. The van der Waals surface area contributed by atoms with Crippen LogP contribution in [0.4, 0.5) is 4.79 Å². The van der Waals surface area contributed by atoms with Gasteiger partial charge in [-0.15, -0.1) is 0 Å². The third kappa shape index (κ3) is 8.92. The van der Waals surface area contributed by atoms with E-state index in [1.54, 1.807) is 6.92 Å². The fourth-order valence-electron chi connectivity index (χ4n) is 4.48. The van der Waals surface area contributed by atoms with Gasteiger partial charge in [0.25, 0.3) is 0 Å². The minimum Gasteiger partial charge on any atom is -0.458 e. The summed E-state index contributed by atoms with van der Waals surface area (Å²) in [6, 6.07) is -4.03. The molecule has 22 nitrogen and oxygen atoms in total. The van der Waals surface area contributed by atoms with Crippen LogP contribution in [0.15, 0.2) is 20.5 Å². The molecular formula is C20H29N13O9. The molecule has 228 valence electrons. The number of amides is 1. The normalized spacial score (nSPS) is 31.8. The van der Waals surface area contributed by atoms with Crippen LogP contribution in [0.5, 0.6) is 0 Å². The molecule has 42 heavy (non-hydrogen) atoms. The molecule has 1 aliphatic heterocycles. The second kappa shape index (κ2) is 16.6. The summed E-state index contributed by atoms with van der Waals surface area (Å²) in [4.78, 5) is 47.2. The Kier molecular flexibility index (Phi) is 13.2. The molecule has 0 bridgehead atoms. The van der Waals surface area contributed by atoms with Crippen LogP contribution in [0.1, 0.15) is 33.6 Å². The van der Waals surface area contributed by atoms with E-state index in [4.69, 9.17) is 34.7 Å². The van der Waals surface area contributed by atoms with E-state index in [0.717, 1.165) is 13.8 Å². The number of ether oxygens (including phenoxy) is 5. The van der Waals surface area contributed by atoms with Gasteiger partial charge in [-0.1, -0.05) is 27.4 Å². The zero-order valence-electron chi connectivity index (χ0n) is 22.7. The van der Waals surface area contributed by atoms with Crippen molar-refractivity contribution in [3.63, 3.8) is 0 Å². The second-order valence-electron chi connectivity index (χ2n) is 8.97. The number of esters is 2. The standard InChI is InChI=1S/C20H29N13O9/c1-4-5-25-20(37)42-18-14(36)10(27-31-22)6-11(28-32-23)15(18)41-19-13(29-33-24)17(39-9(3)35)16(38-8(2)34)12(40-19)7-26-30-21/h10-19,36H,4-7H2,1-3H3,(H,25,37)/t10-,11+,12-,13-,14+,15-,16-,17-,18-,19-/m1/s1. The number of hydrogen-bond donors (Lipinski definition) is 2. The molecule has 0 aromatic heterocycles. The lowest BCUT2D eigenvalue weighted by atomic mass is 9.84. The van der Waals surface area contributed by atoms with Gasteiger partial charge in [-0.3, -0.25) is 9.59 Å². The monoisotopic (exact) mass is 595 g/mol. The van der Waals surface area contributed by atoms with Gasteiger partial charge in [0, 0.05) is 40.0 Å².